The van der Waals surface area contributed by atoms with E-state index in [-0.39, 0.29) is 12.6 Å². The number of nitrogens with two attached hydrogens (primary N) is 1. The zero-order valence-electron chi connectivity index (χ0n) is 11.1. The van der Waals surface area contributed by atoms with Crippen LogP contribution >= 0.6 is 0 Å². The van der Waals surface area contributed by atoms with Gasteiger partial charge in [0, 0.05) is 12.2 Å². The van der Waals surface area contributed by atoms with Crippen molar-refractivity contribution in [1.82, 2.24) is 0 Å². The van der Waals surface area contributed by atoms with Crippen LogP contribution < -0.4 is 10.6 Å². The summed E-state index contributed by atoms with van der Waals surface area (Å²) in [5.41, 5.74) is 7.52. The van der Waals surface area contributed by atoms with Gasteiger partial charge in [-0.1, -0.05) is 0 Å². The lowest BCUT2D eigenvalue weighted by atomic mass is 10.00. The summed E-state index contributed by atoms with van der Waals surface area (Å²) >= 11 is 0. The van der Waals surface area contributed by atoms with Crippen LogP contribution in [-0.4, -0.2) is 37.4 Å². The van der Waals surface area contributed by atoms with E-state index in [4.69, 9.17) is 10.5 Å². The molecule has 1 aliphatic heterocycles. The molecule has 0 amide bonds. The molecule has 1 unspecified atom stereocenters. The molecule has 0 bridgehead atoms. The average Bonchev–Trinajstić information content (AvgIpc) is 2.46. The molecular weight excluding hydrogens is 244 g/mol. The second-order valence-corrected chi connectivity index (χ2v) is 4.79. The fraction of sp³-hybridized carbons (Fsp3) is 0.500. The molecule has 2 rings (SSSR count). The monoisotopic (exact) mass is 264 g/mol. The first-order valence-corrected chi connectivity index (χ1v) is 6.52. The van der Waals surface area contributed by atoms with Crippen LogP contribution in [0.1, 0.15) is 29.6 Å². The molecule has 5 nitrogen and oxygen atoms in total. The van der Waals surface area contributed by atoms with Crippen molar-refractivity contribution in [2.24, 2.45) is 0 Å². The van der Waals surface area contributed by atoms with Crippen molar-refractivity contribution >= 4 is 17.3 Å². The number of nitrogens with zero attached hydrogens (tertiary/aromatic N) is 1. The van der Waals surface area contributed by atoms with Crippen LogP contribution in [0.4, 0.5) is 11.4 Å². The molecule has 0 aliphatic carbocycles. The maximum Gasteiger partial charge on any atom is 0.340 e. The van der Waals surface area contributed by atoms with Crippen molar-refractivity contribution in [3.05, 3.63) is 23.8 Å². The van der Waals surface area contributed by atoms with Crippen LogP contribution in [0.2, 0.25) is 0 Å². The lowest BCUT2D eigenvalue weighted by Gasteiger charge is -2.37. The highest BCUT2D eigenvalue weighted by Crippen LogP contribution is 2.29. The number of piperidine rings is 1. The zero-order valence-corrected chi connectivity index (χ0v) is 11.1. The lowest BCUT2D eigenvalue weighted by Crippen LogP contribution is -2.42. The molecule has 1 aromatic rings. The van der Waals surface area contributed by atoms with Gasteiger partial charge in [0.15, 0.2) is 0 Å². The predicted octanol–water partition coefficient (Wildman–Crippen LogP) is 1.41. The number of hydrogen-bond acceptors (Lipinski definition) is 5. The molecule has 1 saturated heterocycles. The van der Waals surface area contributed by atoms with Gasteiger partial charge in [-0.3, -0.25) is 0 Å². The van der Waals surface area contributed by atoms with E-state index in [1.807, 2.05) is 6.07 Å². The molecule has 1 atom stereocenters. The van der Waals surface area contributed by atoms with Gasteiger partial charge in [0.2, 0.25) is 0 Å². The molecule has 104 valence electrons. The van der Waals surface area contributed by atoms with Crippen LogP contribution in [0.15, 0.2) is 18.2 Å². The van der Waals surface area contributed by atoms with Crippen molar-refractivity contribution in [3.63, 3.8) is 0 Å². The highest BCUT2D eigenvalue weighted by Gasteiger charge is 2.25. The number of aliphatic hydroxyl groups is 1. The van der Waals surface area contributed by atoms with Gasteiger partial charge in [0.1, 0.15) is 0 Å². The van der Waals surface area contributed by atoms with Gasteiger partial charge in [0.05, 0.1) is 31.0 Å². The van der Waals surface area contributed by atoms with E-state index in [1.54, 1.807) is 12.1 Å². The Morgan fingerprint density at radius 2 is 2.32 bits per heavy atom. The van der Waals surface area contributed by atoms with Gasteiger partial charge in [-0.15, -0.1) is 0 Å². The van der Waals surface area contributed by atoms with E-state index in [1.165, 1.54) is 7.11 Å². The molecule has 0 radical (unpaired) electrons. The predicted molar refractivity (Wildman–Crippen MR) is 74.3 cm³/mol. The average molecular weight is 264 g/mol. The Morgan fingerprint density at radius 1 is 1.53 bits per heavy atom. The molecule has 1 heterocycles. The quantitative estimate of drug-likeness (QED) is 0.637. The van der Waals surface area contributed by atoms with E-state index in [9.17, 15) is 9.90 Å². The number of anilines is 2. The Balaban J connectivity index is 2.39. The van der Waals surface area contributed by atoms with E-state index in [0.29, 0.717) is 11.3 Å². The number of methoxy groups -OCH3 is 1. The summed E-state index contributed by atoms with van der Waals surface area (Å²) in [6, 6.07) is 5.28. The number of hydrogen-bond donors (Lipinski definition) is 2. The number of ether oxygens (including phenoxy) is 1. The number of carbonyl (C=O) groups is 1. The molecule has 19 heavy (non-hydrogen) atoms. The highest BCUT2D eigenvalue weighted by molar-refractivity contribution is 5.97. The van der Waals surface area contributed by atoms with Gasteiger partial charge < -0.3 is 20.5 Å². The fourth-order valence-corrected chi connectivity index (χ4v) is 2.59. The van der Waals surface area contributed by atoms with Gasteiger partial charge in [-0.2, -0.15) is 0 Å². The number of carbonyl (C=O) groups excluding carboxylic acids is 1. The Labute approximate surface area is 113 Å². The summed E-state index contributed by atoms with van der Waals surface area (Å²) in [6.07, 6.45) is 3.09. The summed E-state index contributed by atoms with van der Waals surface area (Å²) in [7, 11) is 1.36. The fourth-order valence-electron chi connectivity index (χ4n) is 2.59. The minimum Gasteiger partial charge on any atom is -0.465 e. The first-order valence-electron chi connectivity index (χ1n) is 6.52. The number of benzene rings is 1. The number of esters is 1. The third kappa shape index (κ3) is 2.81. The van der Waals surface area contributed by atoms with Gasteiger partial charge in [-0.25, -0.2) is 4.79 Å². The molecule has 1 aromatic carbocycles. The molecule has 0 aromatic heterocycles. The van der Waals surface area contributed by atoms with E-state index < -0.39 is 5.97 Å². The highest BCUT2D eigenvalue weighted by atomic mass is 16.5. The van der Waals surface area contributed by atoms with Crippen LogP contribution in [-0.2, 0) is 4.74 Å². The summed E-state index contributed by atoms with van der Waals surface area (Å²) in [5.74, 6) is -0.399. The van der Waals surface area contributed by atoms with E-state index >= 15 is 0 Å². The summed E-state index contributed by atoms with van der Waals surface area (Å²) in [6.45, 7) is 0.921. The molecule has 3 N–H and O–H groups in total. The van der Waals surface area contributed by atoms with Crippen LogP contribution in [0.5, 0.6) is 0 Å². The Hall–Kier alpha value is -1.75. The number of nitrogen functional groups attached to an aromatic ring is 1. The maximum atomic E-state index is 11.9. The van der Waals surface area contributed by atoms with E-state index in [0.717, 1.165) is 31.5 Å². The third-order valence-electron chi connectivity index (χ3n) is 3.57. The van der Waals surface area contributed by atoms with Crippen molar-refractivity contribution < 1.29 is 14.6 Å². The minimum absolute atomic E-state index is 0.0563. The lowest BCUT2D eigenvalue weighted by molar-refractivity contribution is 0.0601. The van der Waals surface area contributed by atoms with Crippen LogP contribution in [0.3, 0.4) is 0 Å². The number of rotatable bonds is 3. The molecule has 1 fully saturated rings. The molecule has 0 saturated carbocycles. The normalized spacial score (nSPS) is 19.3. The van der Waals surface area contributed by atoms with Crippen molar-refractivity contribution in [3.8, 4) is 0 Å². The zero-order chi connectivity index (χ0) is 13.8. The maximum absolute atomic E-state index is 11.9. The van der Waals surface area contributed by atoms with Gasteiger partial charge in [0.25, 0.3) is 0 Å². The van der Waals surface area contributed by atoms with E-state index in [2.05, 4.69) is 4.90 Å². The van der Waals surface area contributed by atoms with Gasteiger partial charge >= 0.3 is 5.97 Å². The molecule has 5 heteroatoms. The third-order valence-corrected chi connectivity index (χ3v) is 3.57. The smallest absolute Gasteiger partial charge is 0.340 e. The Bertz CT molecular complexity index is 462. The second-order valence-electron chi connectivity index (χ2n) is 4.79. The van der Waals surface area contributed by atoms with Crippen LogP contribution in [0.25, 0.3) is 0 Å². The standard InChI is InChI=1S/C14H20N2O3/c1-19-14(18)12-8-10(15)5-6-13(12)16-7-3-2-4-11(16)9-17/h5-6,8,11,17H,2-4,7,9,15H2,1H3. The molecular formula is C14H20N2O3. The first-order chi connectivity index (χ1) is 9.17. The molecule has 0 spiro atoms. The van der Waals surface area contributed by atoms with Crippen molar-refractivity contribution in [2.45, 2.75) is 25.3 Å². The van der Waals surface area contributed by atoms with Crippen molar-refractivity contribution in [1.29, 1.82) is 0 Å². The summed E-state index contributed by atoms with van der Waals surface area (Å²) in [5, 5.41) is 9.48. The summed E-state index contributed by atoms with van der Waals surface area (Å²) in [4.78, 5) is 13.9. The molecule has 1 aliphatic rings. The minimum atomic E-state index is -0.399. The first kappa shape index (κ1) is 13.7. The largest absolute Gasteiger partial charge is 0.465 e. The topological polar surface area (TPSA) is 75.8 Å². The van der Waals surface area contributed by atoms with Gasteiger partial charge in [-0.05, 0) is 37.5 Å². The van der Waals surface area contributed by atoms with Crippen molar-refractivity contribution in [2.75, 3.05) is 30.9 Å². The Morgan fingerprint density at radius 3 is 3.00 bits per heavy atom. The Kier molecular flexibility index (Phi) is 4.27. The van der Waals surface area contributed by atoms with Crippen LogP contribution in [0, 0.1) is 0 Å². The number of aliphatic hydroxyl groups excluding tert-OH is 1. The SMILES string of the molecule is COC(=O)c1cc(N)ccc1N1CCCCC1CO. The summed E-state index contributed by atoms with van der Waals surface area (Å²) < 4.78 is 4.81. The second kappa shape index (κ2) is 5.93.